The van der Waals surface area contributed by atoms with E-state index in [1.54, 1.807) is 36.8 Å². The quantitative estimate of drug-likeness (QED) is 0.546. The van der Waals surface area contributed by atoms with Crippen LogP contribution in [0.15, 0.2) is 67.3 Å². The van der Waals surface area contributed by atoms with Crippen LogP contribution < -0.4 is 10.1 Å². The monoisotopic (exact) mass is 364 g/mol. The minimum Gasteiger partial charge on any atom is -0.490 e. The molecule has 0 aliphatic rings. The molecule has 4 rings (SSSR count). The molecule has 0 saturated heterocycles. The second kappa shape index (κ2) is 7.33. The van der Waals surface area contributed by atoms with Crippen molar-refractivity contribution in [3.05, 3.63) is 78.8 Å². The topological polar surface area (TPSA) is 71.9 Å². The van der Waals surface area contributed by atoms with Crippen molar-refractivity contribution in [1.82, 2.24) is 14.5 Å². The molecule has 0 radical (unpaired) electrons. The zero-order valence-corrected chi connectivity index (χ0v) is 14.4. The Morgan fingerprint density at radius 3 is 2.96 bits per heavy atom. The van der Waals surface area contributed by atoms with Gasteiger partial charge in [-0.2, -0.15) is 0 Å². The second-order valence-electron chi connectivity index (χ2n) is 6.01. The van der Waals surface area contributed by atoms with Gasteiger partial charge >= 0.3 is 0 Å². The lowest BCUT2D eigenvalue weighted by molar-refractivity contribution is 0.102. The molecule has 2 aromatic heterocycles. The molecule has 0 spiro atoms. The summed E-state index contributed by atoms with van der Waals surface area (Å²) < 4.78 is 21.0. The lowest BCUT2D eigenvalue weighted by atomic mass is 10.2. The summed E-state index contributed by atoms with van der Waals surface area (Å²) in [6.45, 7) is 1.09. The van der Waals surface area contributed by atoms with Crippen LogP contribution in [-0.4, -0.2) is 27.0 Å². The summed E-state index contributed by atoms with van der Waals surface area (Å²) in [6.07, 6.45) is 5.28. The van der Waals surface area contributed by atoms with Crippen LogP contribution in [0.3, 0.4) is 0 Å². The average Bonchev–Trinajstić information content (AvgIpc) is 3.32. The number of nitrogens with one attached hydrogen (secondary N) is 2. The minimum atomic E-state index is -0.343. The maximum Gasteiger partial charge on any atom is 0.272 e. The zero-order chi connectivity index (χ0) is 18.6. The van der Waals surface area contributed by atoms with Gasteiger partial charge in [0.15, 0.2) is 0 Å². The number of anilines is 1. The van der Waals surface area contributed by atoms with Crippen LogP contribution in [0.4, 0.5) is 10.1 Å². The molecule has 1 amide bonds. The third-order valence-electron chi connectivity index (χ3n) is 4.13. The van der Waals surface area contributed by atoms with Crippen LogP contribution in [0.25, 0.3) is 10.9 Å². The van der Waals surface area contributed by atoms with E-state index in [0.29, 0.717) is 41.2 Å². The van der Waals surface area contributed by atoms with Gasteiger partial charge in [-0.15, -0.1) is 0 Å². The van der Waals surface area contributed by atoms with Crippen molar-refractivity contribution >= 4 is 22.5 Å². The van der Waals surface area contributed by atoms with E-state index in [9.17, 15) is 9.18 Å². The molecule has 2 heterocycles. The third-order valence-corrected chi connectivity index (χ3v) is 4.13. The smallest absolute Gasteiger partial charge is 0.272 e. The number of halogens is 1. The first-order valence-electron chi connectivity index (χ1n) is 8.46. The number of carbonyl (C=O) groups excluding carboxylic acids is 1. The molecule has 2 N–H and O–H groups in total. The Morgan fingerprint density at radius 2 is 2.11 bits per heavy atom. The predicted molar refractivity (Wildman–Crippen MR) is 100 cm³/mol. The van der Waals surface area contributed by atoms with Crippen molar-refractivity contribution in [2.24, 2.45) is 0 Å². The minimum absolute atomic E-state index is 0.322. The summed E-state index contributed by atoms with van der Waals surface area (Å²) in [5.41, 5.74) is 1.62. The van der Waals surface area contributed by atoms with E-state index in [0.717, 1.165) is 0 Å². The number of benzene rings is 2. The van der Waals surface area contributed by atoms with E-state index in [2.05, 4.69) is 15.3 Å². The molecular weight excluding hydrogens is 347 g/mol. The first kappa shape index (κ1) is 16.8. The summed E-state index contributed by atoms with van der Waals surface area (Å²) >= 11 is 0. The molecule has 27 heavy (non-hydrogen) atoms. The normalized spacial score (nSPS) is 10.9. The van der Waals surface area contributed by atoms with E-state index < -0.39 is 0 Å². The van der Waals surface area contributed by atoms with Gasteiger partial charge in [0.1, 0.15) is 23.9 Å². The molecule has 0 atom stereocenters. The Balaban J connectivity index is 1.47. The fourth-order valence-electron chi connectivity index (χ4n) is 2.79. The van der Waals surface area contributed by atoms with Gasteiger partial charge in [0.25, 0.3) is 5.91 Å². The van der Waals surface area contributed by atoms with Crippen molar-refractivity contribution in [2.45, 2.75) is 6.54 Å². The molecule has 7 heteroatoms. The number of para-hydroxylation sites is 2. The Kier molecular flexibility index (Phi) is 4.57. The third kappa shape index (κ3) is 3.82. The maximum absolute atomic E-state index is 13.3. The molecule has 0 aliphatic heterocycles. The average molecular weight is 364 g/mol. The van der Waals surface area contributed by atoms with Gasteiger partial charge in [-0.1, -0.05) is 12.1 Å². The lowest BCUT2D eigenvalue weighted by Crippen LogP contribution is -2.14. The summed E-state index contributed by atoms with van der Waals surface area (Å²) in [5.74, 6) is -0.0875. The van der Waals surface area contributed by atoms with Gasteiger partial charge in [0.05, 0.1) is 18.6 Å². The summed E-state index contributed by atoms with van der Waals surface area (Å²) in [5, 5.41) is 3.48. The Labute approximate surface area is 154 Å². The van der Waals surface area contributed by atoms with Crippen LogP contribution in [-0.2, 0) is 6.54 Å². The number of ether oxygens (including phenoxy) is 1. The Morgan fingerprint density at radius 1 is 1.22 bits per heavy atom. The van der Waals surface area contributed by atoms with Crippen LogP contribution >= 0.6 is 0 Å². The van der Waals surface area contributed by atoms with Crippen molar-refractivity contribution < 1.29 is 13.9 Å². The zero-order valence-electron chi connectivity index (χ0n) is 14.4. The highest BCUT2D eigenvalue weighted by molar-refractivity contribution is 6.06. The SMILES string of the molecule is O=C(Nc1ccccc1OCCn1ccnc1)c1cc2cc(F)ccc2[nH]1. The number of nitrogens with zero attached hydrogens (tertiary/aromatic N) is 2. The van der Waals surface area contributed by atoms with Crippen LogP contribution in [0.2, 0.25) is 0 Å². The fraction of sp³-hybridized carbons (Fsp3) is 0.100. The summed E-state index contributed by atoms with van der Waals surface area (Å²) in [6, 6.07) is 13.2. The molecule has 6 nitrogen and oxygen atoms in total. The van der Waals surface area contributed by atoms with Crippen LogP contribution in [0.5, 0.6) is 5.75 Å². The Bertz CT molecular complexity index is 1070. The molecule has 4 aromatic rings. The highest BCUT2D eigenvalue weighted by Gasteiger charge is 2.13. The number of rotatable bonds is 6. The van der Waals surface area contributed by atoms with Crippen molar-refractivity contribution in [3.8, 4) is 5.75 Å². The van der Waals surface area contributed by atoms with Gasteiger partial charge in [0.2, 0.25) is 0 Å². The fourth-order valence-corrected chi connectivity index (χ4v) is 2.79. The van der Waals surface area contributed by atoms with Gasteiger partial charge in [-0.25, -0.2) is 9.37 Å². The van der Waals surface area contributed by atoms with Crippen molar-refractivity contribution in [2.75, 3.05) is 11.9 Å². The van der Waals surface area contributed by atoms with E-state index >= 15 is 0 Å². The first-order chi connectivity index (χ1) is 13.2. The highest BCUT2D eigenvalue weighted by atomic mass is 19.1. The van der Waals surface area contributed by atoms with Crippen molar-refractivity contribution in [1.29, 1.82) is 0 Å². The predicted octanol–water partition coefficient (Wildman–Crippen LogP) is 3.83. The van der Waals surface area contributed by atoms with E-state index in [-0.39, 0.29) is 11.7 Å². The first-order valence-corrected chi connectivity index (χ1v) is 8.46. The second-order valence-corrected chi connectivity index (χ2v) is 6.01. The number of aromatic nitrogens is 3. The summed E-state index contributed by atoms with van der Waals surface area (Å²) in [4.78, 5) is 19.6. The van der Waals surface area contributed by atoms with Crippen LogP contribution in [0, 0.1) is 5.82 Å². The molecule has 0 fully saturated rings. The highest BCUT2D eigenvalue weighted by Crippen LogP contribution is 2.25. The van der Waals surface area contributed by atoms with E-state index in [1.807, 2.05) is 22.9 Å². The van der Waals surface area contributed by atoms with Gasteiger partial charge in [-0.3, -0.25) is 4.79 Å². The molecule has 0 unspecified atom stereocenters. The van der Waals surface area contributed by atoms with Gasteiger partial charge in [-0.05, 0) is 36.4 Å². The number of carbonyl (C=O) groups is 1. The number of hydrogen-bond donors (Lipinski definition) is 2. The number of imidazole rings is 1. The molecule has 0 bridgehead atoms. The van der Waals surface area contributed by atoms with E-state index in [1.165, 1.54) is 12.1 Å². The van der Waals surface area contributed by atoms with E-state index in [4.69, 9.17) is 4.74 Å². The number of hydrogen-bond acceptors (Lipinski definition) is 3. The molecule has 0 saturated carbocycles. The van der Waals surface area contributed by atoms with Crippen molar-refractivity contribution in [3.63, 3.8) is 0 Å². The largest absolute Gasteiger partial charge is 0.490 e. The number of H-pyrrole nitrogens is 1. The van der Waals surface area contributed by atoms with Gasteiger partial charge in [0, 0.05) is 23.3 Å². The molecular formula is C20H17FN4O2. The standard InChI is InChI=1S/C20H17FN4O2/c21-15-5-6-16-14(11-15)12-18(23-16)20(26)24-17-3-1-2-4-19(17)27-10-9-25-8-7-22-13-25/h1-8,11-13,23H,9-10H2,(H,24,26). The number of amides is 1. The molecule has 0 aliphatic carbocycles. The number of aromatic amines is 1. The lowest BCUT2D eigenvalue weighted by Gasteiger charge is -2.12. The summed E-state index contributed by atoms with van der Waals surface area (Å²) in [7, 11) is 0. The maximum atomic E-state index is 13.3. The Hall–Kier alpha value is -3.61. The molecule has 2 aromatic carbocycles. The van der Waals surface area contributed by atoms with Crippen LogP contribution in [0.1, 0.15) is 10.5 Å². The number of fused-ring (bicyclic) bond motifs is 1. The molecule has 136 valence electrons. The van der Waals surface area contributed by atoms with Gasteiger partial charge < -0.3 is 19.6 Å².